The van der Waals surface area contributed by atoms with E-state index >= 15 is 0 Å². The van der Waals surface area contributed by atoms with Gasteiger partial charge in [0.1, 0.15) is 0 Å². The fourth-order valence-electron chi connectivity index (χ4n) is 1.68. The van der Waals surface area contributed by atoms with E-state index in [2.05, 4.69) is 12.4 Å². The summed E-state index contributed by atoms with van der Waals surface area (Å²) in [5.41, 5.74) is 4.05. The van der Waals surface area contributed by atoms with Crippen molar-refractivity contribution < 1.29 is 14.3 Å². The summed E-state index contributed by atoms with van der Waals surface area (Å²) >= 11 is 0. The predicted octanol–water partition coefficient (Wildman–Crippen LogP) is 2.95. The molecule has 1 aromatic rings. The molecule has 0 saturated heterocycles. The molecule has 1 rings (SSSR count). The van der Waals surface area contributed by atoms with E-state index in [1.165, 1.54) is 5.56 Å². The zero-order valence-electron chi connectivity index (χ0n) is 12.7. The van der Waals surface area contributed by atoms with Gasteiger partial charge in [-0.1, -0.05) is 6.07 Å². The van der Waals surface area contributed by atoms with Crippen LogP contribution in [0.2, 0.25) is 0 Å². The lowest BCUT2D eigenvalue weighted by atomic mass is 10.1. The van der Waals surface area contributed by atoms with E-state index in [-0.39, 0.29) is 11.6 Å². The van der Waals surface area contributed by atoms with Crippen LogP contribution >= 0.6 is 0 Å². The van der Waals surface area contributed by atoms with E-state index in [1.54, 1.807) is 14.2 Å². The molecule has 0 saturated carbocycles. The molecule has 0 aliphatic rings. The number of nitrogens with one attached hydrogen (secondary N) is 1. The summed E-state index contributed by atoms with van der Waals surface area (Å²) in [4.78, 5) is 5.56. The van der Waals surface area contributed by atoms with Gasteiger partial charge in [0.05, 0.1) is 19.8 Å². The summed E-state index contributed by atoms with van der Waals surface area (Å²) in [5.74, 6) is 1.50. The van der Waals surface area contributed by atoms with E-state index in [0.717, 1.165) is 17.9 Å². The maximum absolute atomic E-state index is 5.56. The standard InChI is InChI=1S/C15H25NO3/c1-11(16-19-15(2,3)4)9-12-7-8-13(17-5)14(10-12)18-6/h7-8,10-11,16H,9H2,1-6H3. The van der Waals surface area contributed by atoms with Crippen LogP contribution < -0.4 is 15.0 Å². The monoisotopic (exact) mass is 267 g/mol. The molecule has 0 radical (unpaired) electrons. The molecule has 0 aliphatic heterocycles. The van der Waals surface area contributed by atoms with E-state index in [0.29, 0.717) is 0 Å². The third kappa shape index (κ3) is 5.49. The average Bonchev–Trinajstić information content (AvgIpc) is 2.35. The van der Waals surface area contributed by atoms with Gasteiger partial charge in [-0.25, -0.2) is 0 Å². The van der Waals surface area contributed by atoms with E-state index in [1.807, 2.05) is 39.0 Å². The second-order valence-electron chi connectivity index (χ2n) is 5.63. The van der Waals surface area contributed by atoms with Crippen molar-refractivity contribution >= 4 is 0 Å². The number of ether oxygens (including phenoxy) is 2. The molecule has 1 unspecified atom stereocenters. The van der Waals surface area contributed by atoms with Crippen LogP contribution in [0.1, 0.15) is 33.3 Å². The Morgan fingerprint density at radius 1 is 1.11 bits per heavy atom. The maximum atomic E-state index is 5.56. The van der Waals surface area contributed by atoms with Gasteiger partial charge in [0, 0.05) is 6.04 Å². The highest BCUT2D eigenvalue weighted by molar-refractivity contribution is 5.43. The van der Waals surface area contributed by atoms with Gasteiger partial charge in [0.25, 0.3) is 0 Å². The molecule has 19 heavy (non-hydrogen) atoms. The van der Waals surface area contributed by atoms with E-state index in [4.69, 9.17) is 14.3 Å². The van der Waals surface area contributed by atoms with Gasteiger partial charge in [0.2, 0.25) is 0 Å². The topological polar surface area (TPSA) is 39.7 Å². The summed E-state index contributed by atoms with van der Waals surface area (Å²) in [6.45, 7) is 8.14. The van der Waals surface area contributed by atoms with Crippen molar-refractivity contribution in [2.24, 2.45) is 0 Å². The van der Waals surface area contributed by atoms with Gasteiger partial charge in [-0.05, 0) is 51.8 Å². The Morgan fingerprint density at radius 2 is 1.74 bits per heavy atom. The first-order valence-electron chi connectivity index (χ1n) is 6.50. The molecule has 0 aromatic heterocycles. The van der Waals surface area contributed by atoms with Crippen molar-refractivity contribution in [3.8, 4) is 11.5 Å². The smallest absolute Gasteiger partial charge is 0.160 e. The highest BCUT2D eigenvalue weighted by atomic mass is 16.7. The molecule has 0 aliphatic carbocycles. The number of hydroxylamine groups is 1. The van der Waals surface area contributed by atoms with Crippen LogP contribution in [-0.4, -0.2) is 25.9 Å². The quantitative estimate of drug-likeness (QED) is 0.804. The van der Waals surface area contributed by atoms with Crippen LogP contribution in [0.5, 0.6) is 11.5 Å². The fraction of sp³-hybridized carbons (Fsp3) is 0.600. The van der Waals surface area contributed by atoms with Gasteiger partial charge >= 0.3 is 0 Å². The van der Waals surface area contributed by atoms with Crippen LogP contribution in [0.25, 0.3) is 0 Å². The average molecular weight is 267 g/mol. The Hall–Kier alpha value is -1.26. The third-order valence-corrected chi connectivity index (χ3v) is 2.56. The largest absolute Gasteiger partial charge is 0.493 e. The molecule has 0 heterocycles. The lowest BCUT2D eigenvalue weighted by Crippen LogP contribution is -2.36. The lowest BCUT2D eigenvalue weighted by molar-refractivity contribution is -0.0857. The molecule has 0 bridgehead atoms. The molecule has 0 spiro atoms. The van der Waals surface area contributed by atoms with Crippen molar-refractivity contribution in [3.05, 3.63) is 23.8 Å². The summed E-state index contributed by atoms with van der Waals surface area (Å²) in [6.07, 6.45) is 0.858. The summed E-state index contributed by atoms with van der Waals surface area (Å²) in [5, 5.41) is 0. The van der Waals surface area contributed by atoms with Gasteiger partial charge in [-0.2, -0.15) is 5.48 Å². The number of methoxy groups -OCH3 is 2. The normalized spacial score (nSPS) is 13.2. The predicted molar refractivity (Wildman–Crippen MR) is 76.7 cm³/mol. The van der Waals surface area contributed by atoms with Crippen LogP contribution in [0.3, 0.4) is 0 Å². The minimum atomic E-state index is -0.189. The van der Waals surface area contributed by atoms with Gasteiger partial charge in [-0.3, -0.25) is 4.84 Å². The minimum Gasteiger partial charge on any atom is -0.493 e. The van der Waals surface area contributed by atoms with Crippen molar-refractivity contribution in [2.45, 2.75) is 45.8 Å². The van der Waals surface area contributed by atoms with Crippen LogP contribution in [0, 0.1) is 0 Å². The molecular weight excluding hydrogens is 242 g/mol. The highest BCUT2D eigenvalue weighted by Gasteiger charge is 2.13. The number of hydrogen-bond acceptors (Lipinski definition) is 4. The molecule has 0 fully saturated rings. The molecular formula is C15H25NO3. The van der Waals surface area contributed by atoms with Crippen LogP contribution in [-0.2, 0) is 11.3 Å². The molecule has 1 atom stereocenters. The Balaban J connectivity index is 2.61. The van der Waals surface area contributed by atoms with Gasteiger partial charge in [-0.15, -0.1) is 0 Å². The lowest BCUT2D eigenvalue weighted by Gasteiger charge is -2.23. The summed E-state index contributed by atoms with van der Waals surface area (Å²) in [7, 11) is 3.28. The Bertz CT molecular complexity index is 399. The number of hydrogen-bond donors (Lipinski definition) is 1. The second kappa shape index (κ2) is 6.78. The molecule has 4 nitrogen and oxygen atoms in total. The highest BCUT2D eigenvalue weighted by Crippen LogP contribution is 2.27. The first-order valence-corrected chi connectivity index (χ1v) is 6.50. The minimum absolute atomic E-state index is 0.189. The van der Waals surface area contributed by atoms with Crippen molar-refractivity contribution in [1.82, 2.24) is 5.48 Å². The van der Waals surface area contributed by atoms with Crippen LogP contribution in [0.15, 0.2) is 18.2 Å². The SMILES string of the molecule is COc1ccc(CC(C)NOC(C)(C)C)cc1OC. The van der Waals surface area contributed by atoms with Gasteiger partial charge < -0.3 is 9.47 Å². The van der Waals surface area contributed by atoms with E-state index in [9.17, 15) is 0 Å². The fourth-order valence-corrected chi connectivity index (χ4v) is 1.68. The number of benzene rings is 1. The van der Waals surface area contributed by atoms with Crippen molar-refractivity contribution in [3.63, 3.8) is 0 Å². The summed E-state index contributed by atoms with van der Waals surface area (Å²) in [6, 6.07) is 6.17. The van der Waals surface area contributed by atoms with Crippen molar-refractivity contribution in [2.75, 3.05) is 14.2 Å². The molecule has 4 heteroatoms. The van der Waals surface area contributed by atoms with Gasteiger partial charge in [0.15, 0.2) is 11.5 Å². The second-order valence-corrected chi connectivity index (χ2v) is 5.63. The zero-order chi connectivity index (χ0) is 14.5. The first kappa shape index (κ1) is 15.8. The zero-order valence-corrected chi connectivity index (χ0v) is 12.7. The van der Waals surface area contributed by atoms with Crippen molar-refractivity contribution in [1.29, 1.82) is 0 Å². The maximum Gasteiger partial charge on any atom is 0.160 e. The first-order chi connectivity index (χ1) is 8.85. The molecule has 108 valence electrons. The summed E-state index contributed by atoms with van der Waals surface area (Å²) < 4.78 is 10.5. The number of rotatable bonds is 6. The Labute approximate surface area is 116 Å². The molecule has 1 aromatic carbocycles. The third-order valence-electron chi connectivity index (χ3n) is 2.56. The molecule has 1 N–H and O–H groups in total. The van der Waals surface area contributed by atoms with E-state index < -0.39 is 0 Å². The molecule has 0 amide bonds. The Kier molecular flexibility index (Phi) is 5.63. The van der Waals surface area contributed by atoms with Crippen LogP contribution in [0.4, 0.5) is 0 Å². The Morgan fingerprint density at radius 3 is 2.26 bits per heavy atom.